The molecule has 0 radical (unpaired) electrons. The van der Waals surface area contributed by atoms with Gasteiger partial charge in [-0.25, -0.2) is 0 Å². The minimum absolute atomic E-state index is 0.0984. The summed E-state index contributed by atoms with van der Waals surface area (Å²) in [6.07, 6.45) is -2.54. The Balaban J connectivity index is 1.83. The highest BCUT2D eigenvalue weighted by Gasteiger charge is 2.53. The van der Waals surface area contributed by atoms with Crippen molar-refractivity contribution in [3.8, 4) is 0 Å². The molecular formula is C16H18F3NO2. The summed E-state index contributed by atoms with van der Waals surface area (Å²) < 4.78 is 38.6. The van der Waals surface area contributed by atoms with E-state index in [0.29, 0.717) is 44.3 Å². The third kappa shape index (κ3) is 2.72. The first-order valence-corrected chi connectivity index (χ1v) is 7.48. The van der Waals surface area contributed by atoms with Crippen LogP contribution in [-0.2, 0) is 16.4 Å². The van der Waals surface area contributed by atoms with Gasteiger partial charge in [0.25, 0.3) is 0 Å². The van der Waals surface area contributed by atoms with Crippen molar-refractivity contribution in [3.05, 3.63) is 35.4 Å². The van der Waals surface area contributed by atoms with Crippen LogP contribution in [0.5, 0.6) is 0 Å². The number of nitrogens with zero attached hydrogens (tertiary/aromatic N) is 1. The van der Waals surface area contributed by atoms with E-state index in [2.05, 4.69) is 0 Å². The molecule has 0 aromatic heterocycles. The molecule has 1 saturated heterocycles. The Morgan fingerprint density at radius 1 is 1.23 bits per heavy atom. The average Bonchev–Trinajstić information content (AvgIpc) is 3.28. The summed E-state index contributed by atoms with van der Waals surface area (Å²) in [6, 6.07) is 5.11. The highest BCUT2D eigenvalue weighted by atomic mass is 19.4. The molecule has 6 heteroatoms. The van der Waals surface area contributed by atoms with E-state index in [9.17, 15) is 23.1 Å². The van der Waals surface area contributed by atoms with E-state index in [1.54, 1.807) is 11.0 Å². The molecule has 22 heavy (non-hydrogen) atoms. The standard InChI is InChI=1S/C16H18F3NO2/c17-16(18,19)12-3-1-2-11(10-12)15(6-7-15)14(22)20-8-4-13(21)5-9-20/h1-3,10,13,21H,4-9H2. The molecule has 2 fully saturated rings. The van der Waals surface area contributed by atoms with Crippen LogP contribution in [0.2, 0.25) is 0 Å². The second kappa shape index (κ2) is 5.26. The van der Waals surface area contributed by atoms with Gasteiger partial charge < -0.3 is 10.0 Å². The van der Waals surface area contributed by atoms with E-state index in [0.717, 1.165) is 12.1 Å². The van der Waals surface area contributed by atoms with Crippen LogP contribution in [0.25, 0.3) is 0 Å². The zero-order chi connectivity index (χ0) is 16.0. The van der Waals surface area contributed by atoms with Gasteiger partial charge in [-0.2, -0.15) is 13.2 Å². The number of rotatable bonds is 2. The number of hydrogen-bond donors (Lipinski definition) is 1. The maximum atomic E-state index is 12.9. The van der Waals surface area contributed by atoms with Gasteiger partial charge in [-0.05, 0) is 37.3 Å². The van der Waals surface area contributed by atoms with E-state index in [1.807, 2.05) is 0 Å². The lowest BCUT2D eigenvalue weighted by atomic mass is 9.91. The van der Waals surface area contributed by atoms with Gasteiger partial charge >= 0.3 is 6.18 Å². The zero-order valence-electron chi connectivity index (χ0n) is 12.1. The Bertz CT molecular complexity index is 573. The maximum Gasteiger partial charge on any atom is 0.416 e. The van der Waals surface area contributed by atoms with Crippen LogP contribution in [0.1, 0.15) is 36.8 Å². The second-order valence-electron chi connectivity index (χ2n) is 6.18. The Morgan fingerprint density at radius 2 is 1.86 bits per heavy atom. The molecular weight excluding hydrogens is 295 g/mol. The second-order valence-corrected chi connectivity index (χ2v) is 6.18. The molecule has 1 aliphatic carbocycles. The average molecular weight is 313 g/mol. The monoisotopic (exact) mass is 313 g/mol. The van der Waals surface area contributed by atoms with Gasteiger partial charge in [0.2, 0.25) is 5.91 Å². The molecule has 3 rings (SSSR count). The number of carbonyl (C=O) groups is 1. The predicted octanol–water partition coefficient (Wildman–Crippen LogP) is 2.72. The summed E-state index contributed by atoms with van der Waals surface area (Å²) in [5.41, 5.74) is -1.04. The van der Waals surface area contributed by atoms with Crippen LogP contribution in [0, 0.1) is 0 Å². The lowest BCUT2D eigenvalue weighted by Gasteiger charge is -2.33. The third-order valence-electron chi connectivity index (χ3n) is 4.65. The molecule has 1 N–H and O–H groups in total. The number of likely N-dealkylation sites (tertiary alicyclic amines) is 1. The van der Waals surface area contributed by atoms with Gasteiger partial charge in [-0.3, -0.25) is 4.79 Å². The first kappa shape index (κ1) is 15.3. The van der Waals surface area contributed by atoms with Gasteiger partial charge in [0.1, 0.15) is 0 Å². The largest absolute Gasteiger partial charge is 0.416 e. The molecule has 3 nitrogen and oxygen atoms in total. The van der Waals surface area contributed by atoms with Crippen molar-refractivity contribution in [1.82, 2.24) is 4.90 Å². The predicted molar refractivity (Wildman–Crippen MR) is 74.2 cm³/mol. The molecule has 2 aliphatic rings. The smallest absolute Gasteiger partial charge is 0.393 e. The fraction of sp³-hybridized carbons (Fsp3) is 0.562. The number of piperidine rings is 1. The molecule has 0 atom stereocenters. The first-order valence-electron chi connectivity index (χ1n) is 7.48. The van der Waals surface area contributed by atoms with Crippen molar-refractivity contribution in [2.45, 2.75) is 43.4 Å². The molecule has 1 heterocycles. The van der Waals surface area contributed by atoms with Crippen molar-refractivity contribution in [2.75, 3.05) is 13.1 Å². The van der Waals surface area contributed by atoms with Crippen LogP contribution in [0.15, 0.2) is 24.3 Å². The summed E-state index contributed by atoms with van der Waals surface area (Å²) in [5.74, 6) is -0.0984. The minimum Gasteiger partial charge on any atom is -0.393 e. The van der Waals surface area contributed by atoms with Crippen molar-refractivity contribution in [3.63, 3.8) is 0 Å². The number of amides is 1. The van der Waals surface area contributed by atoms with Crippen LogP contribution < -0.4 is 0 Å². The molecule has 1 aliphatic heterocycles. The van der Waals surface area contributed by atoms with Crippen molar-refractivity contribution < 1.29 is 23.1 Å². The molecule has 0 unspecified atom stereocenters. The van der Waals surface area contributed by atoms with Gasteiger partial charge in [0.05, 0.1) is 17.1 Å². The Morgan fingerprint density at radius 3 is 2.41 bits per heavy atom. The molecule has 1 saturated carbocycles. The van der Waals surface area contributed by atoms with Gasteiger partial charge in [0, 0.05) is 13.1 Å². The molecule has 0 spiro atoms. The number of halogens is 3. The van der Waals surface area contributed by atoms with E-state index >= 15 is 0 Å². The van der Waals surface area contributed by atoms with Crippen LogP contribution in [-0.4, -0.2) is 35.1 Å². The number of carbonyl (C=O) groups excluding carboxylic acids is 1. The summed E-state index contributed by atoms with van der Waals surface area (Å²) >= 11 is 0. The molecule has 1 aromatic rings. The quantitative estimate of drug-likeness (QED) is 0.912. The summed E-state index contributed by atoms with van der Waals surface area (Å²) in [6.45, 7) is 0.946. The molecule has 120 valence electrons. The maximum absolute atomic E-state index is 12.9. The van der Waals surface area contributed by atoms with Crippen LogP contribution in [0.4, 0.5) is 13.2 Å². The lowest BCUT2D eigenvalue weighted by Crippen LogP contribution is -2.45. The minimum atomic E-state index is -4.40. The Labute approximate surface area is 126 Å². The zero-order valence-corrected chi connectivity index (χ0v) is 12.1. The molecule has 0 bridgehead atoms. The van der Waals surface area contributed by atoms with Crippen LogP contribution >= 0.6 is 0 Å². The number of alkyl halides is 3. The number of hydrogen-bond acceptors (Lipinski definition) is 2. The normalized spacial score (nSPS) is 21.7. The van der Waals surface area contributed by atoms with E-state index in [-0.39, 0.29) is 12.0 Å². The highest BCUT2D eigenvalue weighted by Crippen LogP contribution is 2.50. The molecule has 1 aromatic carbocycles. The SMILES string of the molecule is O=C(N1CCC(O)CC1)C1(c2cccc(C(F)(F)F)c2)CC1. The van der Waals surface area contributed by atoms with Crippen molar-refractivity contribution in [2.24, 2.45) is 0 Å². The van der Waals surface area contributed by atoms with Gasteiger partial charge in [-0.15, -0.1) is 0 Å². The Hall–Kier alpha value is -1.56. The topological polar surface area (TPSA) is 40.5 Å². The van der Waals surface area contributed by atoms with E-state index in [4.69, 9.17) is 0 Å². The van der Waals surface area contributed by atoms with E-state index in [1.165, 1.54) is 6.07 Å². The lowest BCUT2D eigenvalue weighted by molar-refractivity contribution is -0.138. The first-order chi connectivity index (χ1) is 10.3. The third-order valence-corrected chi connectivity index (χ3v) is 4.65. The molecule has 1 amide bonds. The van der Waals surface area contributed by atoms with Gasteiger partial charge in [-0.1, -0.05) is 18.2 Å². The van der Waals surface area contributed by atoms with Crippen molar-refractivity contribution in [1.29, 1.82) is 0 Å². The summed E-state index contributed by atoms with van der Waals surface area (Å²) in [7, 11) is 0. The summed E-state index contributed by atoms with van der Waals surface area (Å²) in [5, 5.41) is 9.51. The number of aliphatic hydroxyl groups is 1. The van der Waals surface area contributed by atoms with Gasteiger partial charge in [0.15, 0.2) is 0 Å². The fourth-order valence-corrected chi connectivity index (χ4v) is 3.12. The number of benzene rings is 1. The van der Waals surface area contributed by atoms with Crippen molar-refractivity contribution >= 4 is 5.91 Å². The summed E-state index contributed by atoms with van der Waals surface area (Å²) in [4.78, 5) is 14.4. The van der Waals surface area contributed by atoms with E-state index < -0.39 is 17.2 Å². The van der Waals surface area contributed by atoms with Crippen LogP contribution in [0.3, 0.4) is 0 Å². The fourth-order valence-electron chi connectivity index (χ4n) is 3.12. The number of aliphatic hydroxyl groups excluding tert-OH is 1. The highest BCUT2D eigenvalue weighted by molar-refractivity contribution is 5.91. The Kier molecular flexibility index (Phi) is 3.67.